The van der Waals surface area contributed by atoms with Crippen LogP contribution in [0.5, 0.6) is 0 Å². The minimum atomic E-state index is -2.52. The van der Waals surface area contributed by atoms with Gasteiger partial charge in [0, 0.05) is 6.54 Å². The molecule has 1 rings (SSSR count). The SMILES string of the molecule is CC(=O)C(O)C1NCC(O)(C(C)=O)C1(O)C(C)=O. The maximum Gasteiger partial charge on any atom is 0.177 e. The summed E-state index contributed by atoms with van der Waals surface area (Å²) >= 11 is 0. The molecule has 18 heavy (non-hydrogen) atoms. The number of hydrogen-bond acceptors (Lipinski definition) is 7. The van der Waals surface area contributed by atoms with Gasteiger partial charge in [0.2, 0.25) is 0 Å². The molecule has 0 radical (unpaired) electrons. The van der Waals surface area contributed by atoms with Crippen LogP contribution in [0.4, 0.5) is 0 Å². The van der Waals surface area contributed by atoms with E-state index in [0.29, 0.717) is 0 Å². The Hall–Kier alpha value is -1.15. The summed E-state index contributed by atoms with van der Waals surface area (Å²) in [5.41, 5.74) is -4.87. The van der Waals surface area contributed by atoms with Crippen LogP contribution in [0, 0.1) is 0 Å². The van der Waals surface area contributed by atoms with E-state index < -0.39 is 47.2 Å². The van der Waals surface area contributed by atoms with Crippen LogP contribution in [-0.4, -0.2) is 62.6 Å². The first-order valence-corrected chi connectivity index (χ1v) is 5.47. The fraction of sp³-hybridized carbons (Fsp3) is 0.727. The van der Waals surface area contributed by atoms with Crippen molar-refractivity contribution in [2.24, 2.45) is 0 Å². The minimum Gasteiger partial charge on any atom is -0.384 e. The van der Waals surface area contributed by atoms with E-state index in [1.807, 2.05) is 0 Å². The Balaban J connectivity index is 3.31. The standard InChI is InChI=1S/C11H17NO6/c1-5(13)8(16)9-11(18,7(3)15)10(17,4-12-9)6(2)14/h8-9,12,16-18H,4H2,1-3H3. The highest BCUT2D eigenvalue weighted by Crippen LogP contribution is 2.35. The molecule has 1 fully saturated rings. The Labute approximate surface area is 104 Å². The third-order valence-corrected chi connectivity index (χ3v) is 3.51. The Morgan fingerprint density at radius 3 is 2.00 bits per heavy atom. The van der Waals surface area contributed by atoms with Gasteiger partial charge in [0.1, 0.15) is 6.10 Å². The Morgan fingerprint density at radius 1 is 1.17 bits per heavy atom. The number of aliphatic hydroxyl groups excluding tert-OH is 1. The molecule has 7 heteroatoms. The molecule has 4 N–H and O–H groups in total. The van der Waals surface area contributed by atoms with Gasteiger partial charge in [-0.1, -0.05) is 0 Å². The average Bonchev–Trinajstić information content (AvgIpc) is 2.53. The largest absolute Gasteiger partial charge is 0.384 e. The number of carbonyl (C=O) groups is 3. The first-order valence-electron chi connectivity index (χ1n) is 5.47. The number of carbonyl (C=O) groups excluding carboxylic acids is 3. The summed E-state index contributed by atoms with van der Waals surface area (Å²) in [6.45, 7) is 2.68. The highest BCUT2D eigenvalue weighted by atomic mass is 16.4. The van der Waals surface area contributed by atoms with Crippen molar-refractivity contribution in [3.05, 3.63) is 0 Å². The molecule has 1 aliphatic rings. The van der Waals surface area contributed by atoms with Crippen molar-refractivity contribution in [1.82, 2.24) is 5.32 Å². The summed E-state index contributed by atoms with van der Waals surface area (Å²) < 4.78 is 0. The molecule has 0 amide bonds. The van der Waals surface area contributed by atoms with Gasteiger partial charge >= 0.3 is 0 Å². The lowest BCUT2D eigenvalue weighted by Crippen LogP contribution is -2.67. The number of rotatable bonds is 4. The summed E-state index contributed by atoms with van der Waals surface area (Å²) in [7, 11) is 0. The summed E-state index contributed by atoms with van der Waals surface area (Å²) in [5.74, 6) is -2.39. The summed E-state index contributed by atoms with van der Waals surface area (Å²) in [4.78, 5) is 34.2. The van der Waals surface area contributed by atoms with Gasteiger partial charge in [-0.25, -0.2) is 0 Å². The van der Waals surface area contributed by atoms with Crippen molar-refractivity contribution in [3.63, 3.8) is 0 Å². The number of hydrogen-bond donors (Lipinski definition) is 4. The minimum absolute atomic E-state index is 0.409. The molecule has 1 aliphatic heterocycles. The molecule has 4 unspecified atom stereocenters. The second kappa shape index (κ2) is 4.51. The summed E-state index contributed by atoms with van der Waals surface area (Å²) in [6.07, 6.45) is -1.69. The van der Waals surface area contributed by atoms with E-state index in [1.54, 1.807) is 0 Å². The topological polar surface area (TPSA) is 124 Å². The predicted molar refractivity (Wildman–Crippen MR) is 59.7 cm³/mol. The molecule has 0 aromatic carbocycles. The number of Topliss-reactive ketones (excluding diaryl/α,β-unsaturated/α-hetero) is 3. The van der Waals surface area contributed by atoms with Crippen molar-refractivity contribution in [3.8, 4) is 0 Å². The van der Waals surface area contributed by atoms with Crippen LogP contribution in [0.15, 0.2) is 0 Å². The molecule has 0 aromatic rings. The fourth-order valence-electron chi connectivity index (χ4n) is 2.28. The highest BCUT2D eigenvalue weighted by Gasteiger charge is 2.66. The normalized spacial score (nSPS) is 37.3. The zero-order valence-electron chi connectivity index (χ0n) is 10.4. The lowest BCUT2D eigenvalue weighted by atomic mass is 9.74. The molecular formula is C11H17NO6. The predicted octanol–water partition coefficient (Wildman–Crippen LogP) is -2.45. The quantitative estimate of drug-likeness (QED) is 0.441. The second-order valence-corrected chi connectivity index (χ2v) is 4.65. The first-order chi connectivity index (χ1) is 8.09. The monoisotopic (exact) mass is 259 g/mol. The van der Waals surface area contributed by atoms with Crippen molar-refractivity contribution in [2.75, 3.05) is 6.54 Å². The summed E-state index contributed by atoms with van der Waals surface area (Å²) in [5, 5.41) is 32.6. The summed E-state index contributed by atoms with van der Waals surface area (Å²) in [6, 6.07) is -1.42. The first kappa shape index (κ1) is 14.9. The lowest BCUT2D eigenvalue weighted by molar-refractivity contribution is -0.177. The van der Waals surface area contributed by atoms with Crippen LogP contribution in [0.2, 0.25) is 0 Å². The van der Waals surface area contributed by atoms with Gasteiger partial charge in [-0.2, -0.15) is 0 Å². The van der Waals surface area contributed by atoms with Gasteiger partial charge in [0.15, 0.2) is 28.6 Å². The molecule has 0 spiro atoms. The number of ketones is 3. The third kappa shape index (κ3) is 1.79. The highest BCUT2D eigenvalue weighted by molar-refractivity contribution is 6.00. The number of aliphatic hydroxyl groups is 3. The smallest absolute Gasteiger partial charge is 0.177 e. The van der Waals surface area contributed by atoms with Crippen LogP contribution >= 0.6 is 0 Å². The van der Waals surface area contributed by atoms with E-state index in [1.165, 1.54) is 0 Å². The molecule has 4 atom stereocenters. The van der Waals surface area contributed by atoms with Gasteiger partial charge < -0.3 is 20.6 Å². The van der Waals surface area contributed by atoms with Crippen LogP contribution in [0.1, 0.15) is 20.8 Å². The van der Waals surface area contributed by atoms with E-state index in [4.69, 9.17) is 0 Å². The van der Waals surface area contributed by atoms with E-state index in [0.717, 1.165) is 20.8 Å². The lowest BCUT2D eigenvalue weighted by Gasteiger charge is -2.37. The van der Waals surface area contributed by atoms with Crippen molar-refractivity contribution in [2.45, 2.75) is 44.1 Å². The van der Waals surface area contributed by atoms with Crippen LogP contribution < -0.4 is 5.32 Å². The van der Waals surface area contributed by atoms with Gasteiger partial charge in [0.25, 0.3) is 0 Å². The molecule has 102 valence electrons. The molecule has 0 aromatic heterocycles. The maximum atomic E-state index is 11.6. The Kier molecular flexibility index (Phi) is 3.73. The molecular weight excluding hydrogens is 242 g/mol. The zero-order valence-corrected chi connectivity index (χ0v) is 10.4. The van der Waals surface area contributed by atoms with Crippen molar-refractivity contribution >= 4 is 17.3 Å². The van der Waals surface area contributed by atoms with E-state index in [9.17, 15) is 29.7 Å². The van der Waals surface area contributed by atoms with Gasteiger partial charge in [-0.3, -0.25) is 14.4 Å². The van der Waals surface area contributed by atoms with Gasteiger partial charge in [-0.15, -0.1) is 0 Å². The van der Waals surface area contributed by atoms with Crippen LogP contribution in [0.25, 0.3) is 0 Å². The maximum absolute atomic E-state index is 11.6. The van der Waals surface area contributed by atoms with E-state index in [2.05, 4.69) is 5.32 Å². The van der Waals surface area contributed by atoms with Crippen LogP contribution in [0.3, 0.4) is 0 Å². The molecule has 0 aliphatic carbocycles. The Bertz CT molecular complexity index is 408. The second-order valence-electron chi connectivity index (χ2n) is 4.65. The van der Waals surface area contributed by atoms with Crippen molar-refractivity contribution in [1.29, 1.82) is 0 Å². The molecule has 7 nitrogen and oxygen atoms in total. The average molecular weight is 259 g/mol. The third-order valence-electron chi connectivity index (χ3n) is 3.51. The van der Waals surface area contributed by atoms with Gasteiger partial charge in [-0.05, 0) is 20.8 Å². The Morgan fingerprint density at radius 2 is 1.67 bits per heavy atom. The molecule has 0 bridgehead atoms. The zero-order chi connectivity index (χ0) is 14.3. The molecule has 1 saturated heterocycles. The molecule has 1 heterocycles. The van der Waals surface area contributed by atoms with Crippen molar-refractivity contribution < 1.29 is 29.7 Å². The fourth-order valence-corrected chi connectivity index (χ4v) is 2.28. The van der Waals surface area contributed by atoms with E-state index >= 15 is 0 Å². The van der Waals surface area contributed by atoms with Gasteiger partial charge in [0.05, 0.1) is 6.04 Å². The van der Waals surface area contributed by atoms with Crippen LogP contribution in [-0.2, 0) is 14.4 Å². The number of β-amino-alcohol motifs (C(OH)–C–C–N with tert-alkyl or cyclic N) is 1. The number of nitrogens with one attached hydrogen (secondary N) is 1. The van der Waals surface area contributed by atoms with E-state index in [-0.39, 0.29) is 0 Å². The molecule has 0 saturated carbocycles.